The highest BCUT2D eigenvalue weighted by Gasteiger charge is 2.26. The standard InChI is InChI=1S/C56H33N5/c1-58-44-25-14-17-36(35-57)54(44)56-42(24-15-32-53(56)60-47-28-10-4-20-39(47)40-21-5-11-29-48(40)60)41-22-6-12-30-49(41)61-50-31-13-7-23-43(50)55-51(33-16-34-52(55)61)59-45-26-8-2-18-37(45)38-19-3-9-27-46(38)59/h2-34H. The highest BCUT2D eigenvalue weighted by molar-refractivity contribution is 6.17. The van der Waals surface area contributed by atoms with Gasteiger partial charge >= 0.3 is 0 Å². The third-order valence-electron chi connectivity index (χ3n) is 12.3. The first-order valence-electron chi connectivity index (χ1n) is 20.4. The summed E-state index contributed by atoms with van der Waals surface area (Å²) in [5.74, 6) is 0. The van der Waals surface area contributed by atoms with Crippen molar-refractivity contribution in [3.05, 3.63) is 217 Å². The van der Waals surface area contributed by atoms with Crippen LogP contribution in [0.25, 0.3) is 110 Å². The SMILES string of the molecule is [C-]#[N+]c1cccc(C#N)c1-c1c(-c2ccccc2-n2c3ccccc3c3c(-n4c5ccccc5c5ccccc54)cccc32)cccc1-n1c2ccccc2c2ccccc21. The Morgan fingerprint density at radius 3 is 1.36 bits per heavy atom. The van der Waals surface area contributed by atoms with Crippen LogP contribution in [0.15, 0.2) is 200 Å². The number of para-hydroxylation sites is 6. The maximum absolute atomic E-state index is 10.7. The minimum absolute atomic E-state index is 0.429. The van der Waals surface area contributed by atoms with Crippen LogP contribution in [0.5, 0.6) is 0 Å². The van der Waals surface area contributed by atoms with Gasteiger partial charge in [0, 0.05) is 54.6 Å². The number of hydrogen-bond donors (Lipinski definition) is 0. The molecule has 12 rings (SSSR count). The lowest BCUT2D eigenvalue weighted by Gasteiger charge is -2.22. The molecule has 5 heteroatoms. The molecule has 9 aromatic carbocycles. The number of aromatic nitrogens is 3. The highest BCUT2D eigenvalue weighted by atomic mass is 15.0. The molecular weight excluding hydrogens is 743 g/mol. The molecule has 0 aliphatic carbocycles. The topological polar surface area (TPSA) is 42.9 Å². The van der Waals surface area contributed by atoms with Crippen LogP contribution in [0, 0.1) is 17.9 Å². The summed E-state index contributed by atoms with van der Waals surface area (Å²) in [6.45, 7) is 8.41. The molecule has 0 aliphatic rings. The van der Waals surface area contributed by atoms with Gasteiger partial charge in [0.1, 0.15) is 0 Å². The maximum Gasteiger partial charge on any atom is 0.196 e. The second-order valence-electron chi connectivity index (χ2n) is 15.4. The molecule has 0 spiro atoms. The first-order chi connectivity index (χ1) is 30.2. The third kappa shape index (κ3) is 4.93. The minimum Gasteiger partial charge on any atom is -0.309 e. The molecule has 0 aliphatic heterocycles. The van der Waals surface area contributed by atoms with Gasteiger partial charge in [0.25, 0.3) is 0 Å². The van der Waals surface area contributed by atoms with Gasteiger partial charge in [-0.3, -0.25) is 0 Å². The number of hydrogen-bond acceptors (Lipinski definition) is 1. The normalized spacial score (nSPS) is 11.6. The van der Waals surface area contributed by atoms with Crippen molar-refractivity contribution in [3.8, 4) is 45.4 Å². The summed E-state index contributed by atoms with van der Waals surface area (Å²) in [5, 5.41) is 17.8. The summed E-state index contributed by atoms with van der Waals surface area (Å²) < 4.78 is 7.10. The lowest BCUT2D eigenvalue weighted by Crippen LogP contribution is -2.03. The Balaban J connectivity index is 1.20. The van der Waals surface area contributed by atoms with Gasteiger partial charge < -0.3 is 13.7 Å². The quantitative estimate of drug-likeness (QED) is 0.161. The van der Waals surface area contributed by atoms with Crippen molar-refractivity contribution in [1.29, 1.82) is 5.26 Å². The monoisotopic (exact) mass is 775 g/mol. The first-order valence-corrected chi connectivity index (χ1v) is 20.4. The second kappa shape index (κ2) is 13.5. The van der Waals surface area contributed by atoms with E-state index in [0.717, 1.165) is 88.4 Å². The second-order valence-corrected chi connectivity index (χ2v) is 15.4. The van der Waals surface area contributed by atoms with Gasteiger partial charge in [0.05, 0.1) is 62.8 Å². The third-order valence-corrected chi connectivity index (χ3v) is 12.3. The molecule has 0 saturated carbocycles. The summed E-state index contributed by atoms with van der Waals surface area (Å²) in [5.41, 5.74) is 13.8. The van der Waals surface area contributed by atoms with E-state index >= 15 is 0 Å². The van der Waals surface area contributed by atoms with E-state index in [-0.39, 0.29) is 0 Å². The lowest BCUT2D eigenvalue weighted by molar-refractivity contribution is 1.16. The molecule has 0 N–H and O–H groups in total. The number of fused-ring (bicyclic) bond motifs is 9. The van der Waals surface area contributed by atoms with Crippen molar-refractivity contribution >= 4 is 71.1 Å². The van der Waals surface area contributed by atoms with Crippen LogP contribution in [0.3, 0.4) is 0 Å². The van der Waals surface area contributed by atoms with E-state index in [1.165, 1.54) is 10.8 Å². The van der Waals surface area contributed by atoms with E-state index < -0.39 is 0 Å². The fourth-order valence-electron chi connectivity index (χ4n) is 9.91. The van der Waals surface area contributed by atoms with Gasteiger partial charge in [-0.05, 0) is 66.2 Å². The number of benzene rings is 9. The van der Waals surface area contributed by atoms with Crippen molar-refractivity contribution in [2.45, 2.75) is 0 Å². The predicted molar refractivity (Wildman–Crippen MR) is 251 cm³/mol. The molecule has 282 valence electrons. The Morgan fingerprint density at radius 1 is 0.361 bits per heavy atom. The van der Waals surface area contributed by atoms with Crippen molar-refractivity contribution < 1.29 is 0 Å². The summed E-state index contributed by atoms with van der Waals surface area (Å²) in [4.78, 5) is 4.05. The summed E-state index contributed by atoms with van der Waals surface area (Å²) in [7, 11) is 0. The van der Waals surface area contributed by atoms with Crippen molar-refractivity contribution in [3.63, 3.8) is 0 Å². The van der Waals surface area contributed by atoms with Crippen LogP contribution in [-0.2, 0) is 0 Å². The van der Waals surface area contributed by atoms with Gasteiger partial charge in [-0.15, -0.1) is 0 Å². The van der Waals surface area contributed by atoms with E-state index in [1.54, 1.807) is 6.07 Å². The van der Waals surface area contributed by atoms with Crippen molar-refractivity contribution in [2.75, 3.05) is 0 Å². The van der Waals surface area contributed by atoms with Crippen LogP contribution in [0.4, 0.5) is 5.69 Å². The Kier molecular flexibility index (Phi) is 7.59. The molecule has 61 heavy (non-hydrogen) atoms. The molecule has 0 unspecified atom stereocenters. The smallest absolute Gasteiger partial charge is 0.196 e. The Morgan fingerprint density at radius 2 is 0.770 bits per heavy atom. The molecule has 0 atom stereocenters. The molecular formula is C56H33N5. The van der Waals surface area contributed by atoms with Crippen LogP contribution in [-0.4, -0.2) is 13.7 Å². The number of nitrogens with zero attached hydrogens (tertiary/aromatic N) is 5. The summed E-state index contributed by atoms with van der Waals surface area (Å²) in [6, 6.07) is 72.4. The molecule has 5 nitrogen and oxygen atoms in total. The lowest BCUT2D eigenvalue weighted by atomic mass is 9.88. The fourth-order valence-corrected chi connectivity index (χ4v) is 9.91. The van der Waals surface area contributed by atoms with Crippen LogP contribution in [0.1, 0.15) is 5.56 Å². The van der Waals surface area contributed by atoms with Crippen LogP contribution in [0.2, 0.25) is 0 Å². The number of nitriles is 1. The first kappa shape index (κ1) is 34.4. The molecule has 0 amide bonds. The predicted octanol–water partition coefficient (Wildman–Crippen LogP) is 14.7. The van der Waals surface area contributed by atoms with E-state index in [2.05, 4.69) is 207 Å². The van der Waals surface area contributed by atoms with Gasteiger partial charge in [-0.1, -0.05) is 140 Å². The summed E-state index contributed by atoms with van der Waals surface area (Å²) in [6.07, 6.45) is 0. The molecule has 0 saturated heterocycles. The molecule has 12 aromatic rings. The fraction of sp³-hybridized carbons (Fsp3) is 0. The van der Waals surface area contributed by atoms with E-state index in [9.17, 15) is 5.26 Å². The molecule has 3 heterocycles. The molecule has 0 radical (unpaired) electrons. The number of rotatable bonds is 5. The van der Waals surface area contributed by atoms with Crippen LogP contribution >= 0.6 is 0 Å². The van der Waals surface area contributed by atoms with Crippen molar-refractivity contribution in [2.24, 2.45) is 0 Å². The largest absolute Gasteiger partial charge is 0.309 e. The Hall–Kier alpha value is -8.64. The van der Waals surface area contributed by atoms with E-state index in [1.807, 2.05) is 12.1 Å². The van der Waals surface area contributed by atoms with Gasteiger partial charge in [0.2, 0.25) is 0 Å². The van der Waals surface area contributed by atoms with Gasteiger partial charge in [-0.2, -0.15) is 5.26 Å². The molecule has 0 bridgehead atoms. The Bertz CT molecular complexity index is 3720. The van der Waals surface area contributed by atoms with Crippen molar-refractivity contribution in [1.82, 2.24) is 13.7 Å². The maximum atomic E-state index is 10.7. The van der Waals surface area contributed by atoms with Gasteiger partial charge in [0.15, 0.2) is 5.69 Å². The van der Waals surface area contributed by atoms with E-state index in [0.29, 0.717) is 16.8 Å². The zero-order valence-electron chi connectivity index (χ0n) is 32.8. The average molecular weight is 776 g/mol. The zero-order chi connectivity index (χ0) is 40.6. The zero-order valence-corrected chi connectivity index (χ0v) is 32.8. The average Bonchev–Trinajstić information content (AvgIpc) is 3.97. The minimum atomic E-state index is 0.429. The summed E-state index contributed by atoms with van der Waals surface area (Å²) >= 11 is 0. The van der Waals surface area contributed by atoms with Crippen LogP contribution < -0.4 is 0 Å². The molecule has 0 fully saturated rings. The highest BCUT2D eigenvalue weighted by Crippen LogP contribution is 2.48. The van der Waals surface area contributed by atoms with E-state index in [4.69, 9.17) is 6.57 Å². The molecule has 3 aromatic heterocycles. The Labute approximate surface area is 351 Å². The van der Waals surface area contributed by atoms with Gasteiger partial charge in [-0.25, -0.2) is 4.85 Å².